The first-order chi connectivity index (χ1) is 6.90. The fourth-order valence-electron chi connectivity index (χ4n) is 1.36. The van der Waals surface area contributed by atoms with E-state index in [4.69, 9.17) is 10.8 Å². The highest BCUT2D eigenvalue weighted by Crippen LogP contribution is 2.09. The van der Waals surface area contributed by atoms with Crippen molar-refractivity contribution in [3.05, 3.63) is 0 Å². The zero-order valence-corrected chi connectivity index (χ0v) is 10.1. The minimum atomic E-state index is -1.08. The summed E-state index contributed by atoms with van der Waals surface area (Å²) in [5.74, 6) is -0.918. The molecule has 0 aromatic carbocycles. The summed E-state index contributed by atoms with van der Waals surface area (Å²) in [6.45, 7) is 5.72. The molecule has 0 aromatic heterocycles. The number of hydrogen-bond donors (Lipinski definition) is 2. The molecule has 0 aromatic rings. The van der Waals surface area contributed by atoms with Crippen LogP contribution in [-0.2, 0) is 4.79 Å². The van der Waals surface area contributed by atoms with Crippen molar-refractivity contribution in [1.29, 1.82) is 0 Å². The molecule has 0 saturated carbocycles. The molecule has 0 fully saturated rings. The van der Waals surface area contributed by atoms with E-state index in [9.17, 15) is 4.79 Å². The largest absolute Gasteiger partial charge is 0.480 e. The predicted molar refractivity (Wildman–Crippen MR) is 61.9 cm³/mol. The maximum atomic E-state index is 10.7. The van der Waals surface area contributed by atoms with Crippen LogP contribution >= 0.6 is 0 Å². The first-order valence-electron chi connectivity index (χ1n) is 5.61. The second kappa shape index (κ2) is 6.80. The standard InChI is InChI=1S/C11H24N2O2/c1-4-5-8-13(3)9-6-7-11(2,12)10(14)15/h4-9,12H2,1-3H3,(H,14,15). The third kappa shape index (κ3) is 6.47. The van der Waals surface area contributed by atoms with E-state index in [0.717, 1.165) is 19.5 Å². The van der Waals surface area contributed by atoms with Crippen molar-refractivity contribution in [2.45, 2.75) is 45.1 Å². The van der Waals surface area contributed by atoms with Crippen LogP contribution in [0.5, 0.6) is 0 Å². The molecule has 1 unspecified atom stereocenters. The second-order valence-electron chi connectivity index (χ2n) is 4.48. The molecule has 0 bridgehead atoms. The lowest BCUT2D eigenvalue weighted by Crippen LogP contribution is -2.45. The Morgan fingerprint density at radius 3 is 2.40 bits per heavy atom. The first-order valence-corrected chi connectivity index (χ1v) is 5.61. The predicted octanol–water partition coefficient (Wildman–Crippen LogP) is 1.30. The van der Waals surface area contributed by atoms with Gasteiger partial charge >= 0.3 is 5.97 Å². The van der Waals surface area contributed by atoms with Crippen molar-refractivity contribution in [1.82, 2.24) is 4.90 Å². The highest BCUT2D eigenvalue weighted by atomic mass is 16.4. The fraction of sp³-hybridized carbons (Fsp3) is 0.909. The monoisotopic (exact) mass is 216 g/mol. The Morgan fingerprint density at radius 2 is 1.93 bits per heavy atom. The van der Waals surface area contributed by atoms with E-state index in [1.54, 1.807) is 6.92 Å². The first kappa shape index (κ1) is 14.4. The normalized spacial score (nSPS) is 15.3. The molecule has 15 heavy (non-hydrogen) atoms. The third-order valence-electron chi connectivity index (χ3n) is 2.62. The van der Waals surface area contributed by atoms with Crippen LogP contribution in [0.25, 0.3) is 0 Å². The van der Waals surface area contributed by atoms with Gasteiger partial charge in [-0.1, -0.05) is 13.3 Å². The Labute approximate surface area is 92.4 Å². The van der Waals surface area contributed by atoms with E-state index in [0.29, 0.717) is 6.42 Å². The Morgan fingerprint density at radius 1 is 1.40 bits per heavy atom. The average molecular weight is 216 g/mol. The van der Waals surface area contributed by atoms with Gasteiger partial charge in [0.15, 0.2) is 0 Å². The van der Waals surface area contributed by atoms with Crippen LogP contribution in [0.1, 0.15) is 39.5 Å². The summed E-state index contributed by atoms with van der Waals surface area (Å²) in [6.07, 6.45) is 3.74. The van der Waals surface area contributed by atoms with Gasteiger partial charge in [-0.05, 0) is 46.3 Å². The molecule has 90 valence electrons. The summed E-state index contributed by atoms with van der Waals surface area (Å²) in [6, 6.07) is 0. The molecule has 0 aliphatic heterocycles. The van der Waals surface area contributed by atoms with Crippen molar-refractivity contribution < 1.29 is 9.90 Å². The number of unbranched alkanes of at least 4 members (excludes halogenated alkanes) is 1. The highest BCUT2D eigenvalue weighted by Gasteiger charge is 2.26. The molecular formula is C11H24N2O2. The van der Waals surface area contributed by atoms with Crippen LogP contribution < -0.4 is 5.73 Å². The maximum Gasteiger partial charge on any atom is 0.323 e. The van der Waals surface area contributed by atoms with Crippen LogP contribution in [-0.4, -0.2) is 41.7 Å². The zero-order chi connectivity index (χ0) is 11.9. The van der Waals surface area contributed by atoms with E-state index >= 15 is 0 Å². The molecule has 0 saturated heterocycles. The number of carbonyl (C=O) groups is 1. The zero-order valence-electron chi connectivity index (χ0n) is 10.1. The number of carboxylic acid groups (broad SMARTS) is 1. The molecule has 3 N–H and O–H groups in total. The van der Waals surface area contributed by atoms with Gasteiger partial charge < -0.3 is 15.7 Å². The van der Waals surface area contributed by atoms with E-state index in [2.05, 4.69) is 18.9 Å². The molecule has 1 atom stereocenters. The maximum absolute atomic E-state index is 10.7. The van der Waals surface area contributed by atoms with Gasteiger partial charge in [0.05, 0.1) is 0 Å². The van der Waals surface area contributed by atoms with Gasteiger partial charge in [0.25, 0.3) is 0 Å². The number of carboxylic acids is 1. The lowest BCUT2D eigenvalue weighted by Gasteiger charge is -2.21. The topological polar surface area (TPSA) is 66.6 Å². The number of aliphatic carboxylic acids is 1. The van der Waals surface area contributed by atoms with Crippen molar-refractivity contribution >= 4 is 5.97 Å². The molecule has 0 rings (SSSR count). The summed E-state index contributed by atoms with van der Waals surface area (Å²) in [4.78, 5) is 13.0. The summed E-state index contributed by atoms with van der Waals surface area (Å²) in [5.41, 5.74) is 4.55. The van der Waals surface area contributed by atoms with Crippen LogP contribution in [0.3, 0.4) is 0 Å². The van der Waals surface area contributed by atoms with E-state index in [-0.39, 0.29) is 0 Å². The molecule has 0 amide bonds. The molecule has 0 heterocycles. The quantitative estimate of drug-likeness (QED) is 0.642. The smallest absolute Gasteiger partial charge is 0.323 e. The van der Waals surface area contributed by atoms with E-state index in [1.165, 1.54) is 12.8 Å². The minimum absolute atomic E-state index is 0.527. The number of rotatable bonds is 8. The second-order valence-corrected chi connectivity index (χ2v) is 4.48. The van der Waals surface area contributed by atoms with Gasteiger partial charge in [0.2, 0.25) is 0 Å². The summed E-state index contributed by atoms with van der Waals surface area (Å²) < 4.78 is 0. The summed E-state index contributed by atoms with van der Waals surface area (Å²) in [5, 5.41) is 8.81. The van der Waals surface area contributed by atoms with Crippen molar-refractivity contribution in [3.63, 3.8) is 0 Å². The molecular weight excluding hydrogens is 192 g/mol. The molecule has 4 nitrogen and oxygen atoms in total. The summed E-state index contributed by atoms with van der Waals surface area (Å²) >= 11 is 0. The minimum Gasteiger partial charge on any atom is -0.480 e. The average Bonchev–Trinajstić information content (AvgIpc) is 2.14. The van der Waals surface area contributed by atoms with E-state index < -0.39 is 11.5 Å². The Balaban J connectivity index is 3.65. The van der Waals surface area contributed by atoms with Crippen molar-refractivity contribution in [2.75, 3.05) is 20.1 Å². The summed E-state index contributed by atoms with van der Waals surface area (Å²) in [7, 11) is 2.06. The van der Waals surface area contributed by atoms with Crippen LogP contribution in [0.15, 0.2) is 0 Å². The van der Waals surface area contributed by atoms with Gasteiger partial charge in [-0.2, -0.15) is 0 Å². The van der Waals surface area contributed by atoms with Gasteiger partial charge in [-0.3, -0.25) is 4.79 Å². The Hall–Kier alpha value is -0.610. The van der Waals surface area contributed by atoms with Gasteiger partial charge in [0, 0.05) is 0 Å². The molecule has 0 aliphatic rings. The van der Waals surface area contributed by atoms with Crippen LogP contribution in [0.2, 0.25) is 0 Å². The van der Waals surface area contributed by atoms with Gasteiger partial charge in [-0.15, -0.1) is 0 Å². The lowest BCUT2D eigenvalue weighted by molar-refractivity contribution is -0.142. The molecule has 0 spiro atoms. The number of hydrogen-bond acceptors (Lipinski definition) is 3. The number of nitrogens with zero attached hydrogens (tertiary/aromatic N) is 1. The van der Waals surface area contributed by atoms with Crippen molar-refractivity contribution in [3.8, 4) is 0 Å². The SMILES string of the molecule is CCCCN(C)CCCC(C)(N)C(=O)O. The van der Waals surface area contributed by atoms with E-state index in [1.807, 2.05) is 0 Å². The third-order valence-corrected chi connectivity index (χ3v) is 2.62. The van der Waals surface area contributed by atoms with Crippen molar-refractivity contribution in [2.24, 2.45) is 5.73 Å². The Bertz CT molecular complexity index is 193. The van der Waals surface area contributed by atoms with Gasteiger partial charge in [0.1, 0.15) is 5.54 Å². The molecule has 0 aliphatic carbocycles. The molecule has 4 heteroatoms. The van der Waals surface area contributed by atoms with Crippen LogP contribution in [0.4, 0.5) is 0 Å². The lowest BCUT2D eigenvalue weighted by atomic mass is 9.97. The van der Waals surface area contributed by atoms with Crippen LogP contribution in [0, 0.1) is 0 Å². The fourth-order valence-corrected chi connectivity index (χ4v) is 1.36. The number of nitrogens with two attached hydrogens (primary N) is 1. The Kier molecular flexibility index (Phi) is 6.52. The highest BCUT2D eigenvalue weighted by molar-refractivity contribution is 5.77. The van der Waals surface area contributed by atoms with Gasteiger partial charge in [-0.25, -0.2) is 0 Å². The molecule has 0 radical (unpaired) electrons.